The first kappa shape index (κ1) is 23.2. The monoisotopic (exact) mass is 454 g/mol. The highest BCUT2D eigenvalue weighted by Gasteiger charge is 2.09. The molecule has 1 heterocycles. The highest BCUT2D eigenvalue weighted by atomic mass is 35.5. The molecule has 7 nitrogen and oxygen atoms in total. The van der Waals surface area contributed by atoms with Crippen LogP contribution in [0.2, 0.25) is 5.02 Å². The van der Waals surface area contributed by atoms with Crippen LogP contribution >= 0.6 is 11.6 Å². The van der Waals surface area contributed by atoms with E-state index >= 15 is 0 Å². The average molecular weight is 455 g/mol. The topological polar surface area (TPSA) is 73.4 Å². The molecule has 1 amide bonds. The first-order valence-electron chi connectivity index (χ1n) is 9.82. The van der Waals surface area contributed by atoms with Crippen molar-refractivity contribution in [2.24, 2.45) is 0 Å². The SMILES string of the molecule is CN(C)CC=CC(=O)N(C)c1cccc(Nc2cc(Nc3ccc(F)c(Cl)c3)ncn2)c1. The second kappa shape index (κ2) is 10.7. The smallest absolute Gasteiger partial charge is 0.250 e. The van der Waals surface area contributed by atoms with Gasteiger partial charge in [0.15, 0.2) is 0 Å². The normalized spacial score (nSPS) is 11.1. The van der Waals surface area contributed by atoms with Gasteiger partial charge < -0.3 is 20.4 Å². The van der Waals surface area contributed by atoms with Crippen LogP contribution in [0.1, 0.15) is 0 Å². The molecule has 0 saturated heterocycles. The third-order valence-corrected chi connectivity index (χ3v) is 4.72. The largest absolute Gasteiger partial charge is 0.340 e. The van der Waals surface area contributed by atoms with Gasteiger partial charge in [-0.05, 0) is 50.5 Å². The van der Waals surface area contributed by atoms with Crippen molar-refractivity contribution in [2.75, 3.05) is 43.2 Å². The Morgan fingerprint density at radius 3 is 2.38 bits per heavy atom. The fourth-order valence-corrected chi connectivity index (χ4v) is 2.94. The number of likely N-dealkylation sites (N-methyl/N-ethyl adjacent to an activating group) is 2. The summed E-state index contributed by atoms with van der Waals surface area (Å²) in [5, 5.41) is 6.29. The molecule has 1 aromatic heterocycles. The van der Waals surface area contributed by atoms with E-state index in [1.807, 2.05) is 49.3 Å². The Labute approximate surface area is 191 Å². The van der Waals surface area contributed by atoms with Gasteiger partial charge in [-0.15, -0.1) is 0 Å². The number of amides is 1. The molecule has 9 heteroatoms. The number of nitrogens with one attached hydrogen (secondary N) is 2. The van der Waals surface area contributed by atoms with Crippen LogP contribution in [0.25, 0.3) is 0 Å². The molecule has 0 atom stereocenters. The fourth-order valence-electron chi connectivity index (χ4n) is 2.76. The lowest BCUT2D eigenvalue weighted by Gasteiger charge is -2.17. The summed E-state index contributed by atoms with van der Waals surface area (Å²) >= 11 is 5.83. The Kier molecular flexibility index (Phi) is 7.75. The molecule has 0 fully saturated rings. The molecule has 0 aliphatic carbocycles. The average Bonchev–Trinajstić information content (AvgIpc) is 2.76. The van der Waals surface area contributed by atoms with E-state index in [0.29, 0.717) is 23.9 Å². The molecule has 0 aliphatic rings. The molecule has 2 N–H and O–H groups in total. The predicted molar refractivity (Wildman–Crippen MR) is 128 cm³/mol. The highest BCUT2D eigenvalue weighted by Crippen LogP contribution is 2.25. The van der Waals surface area contributed by atoms with Crippen LogP contribution in [0.3, 0.4) is 0 Å². The van der Waals surface area contributed by atoms with Crippen molar-refractivity contribution in [3.8, 4) is 0 Å². The van der Waals surface area contributed by atoms with Gasteiger partial charge in [-0.3, -0.25) is 4.79 Å². The Morgan fingerprint density at radius 1 is 1.03 bits per heavy atom. The minimum atomic E-state index is -0.487. The lowest BCUT2D eigenvalue weighted by molar-refractivity contribution is -0.113. The van der Waals surface area contributed by atoms with Crippen LogP contribution in [-0.4, -0.2) is 48.5 Å². The standard InChI is InChI=1S/C23H24ClFN6O/c1-30(2)11-5-8-23(32)31(3)18-7-4-6-16(12-18)28-21-14-22(27-15-26-21)29-17-9-10-20(25)19(24)13-17/h4-10,12-15H,11H2,1-3H3,(H2,26,27,28,29). The second-order valence-electron chi connectivity index (χ2n) is 7.28. The van der Waals surface area contributed by atoms with Crippen molar-refractivity contribution in [1.82, 2.24) is 14.9 Å². The molecular formula is C23H24ClFN6O. The quantitative estimate of drug-likeness (QED) is 0.474. The van der Waals surface area contributed by atoms with Crippen molar-refractivity contribution in [3.63, 3.8) is 0 Å². The number of rotatable bonds is 8. The molecule has 0 saturated carbocycles. The van der Waals surface area contributed by atoms with Crippen molar-refractivity contribution in [1.29, 1.82) is 0 Å². The molecule has 0 spiro atoms. The molecule has 2 aromatic carbocycles. The Balaban J connectivity index is 1.70. The van der Waals surface area contributed by atoms with E-state index < -0.39 is 5.82 Å². The number of halogens is 2. The van der Waals surface area contributed by atoms with E-state index in [-0.39, 0.29) is 10.9 Å². The third-order valence-electron chi connectivity index (χ3n) is 4.43. The summed E-state index contributed by atoms with van der Waals surface area (Å²) in [5.74, 6) is 0.460. The van der Waals surface area contributed by atoms with E-state index in [9.17, 15) is 9.18 Å². The maximum Gasteiger partial charge on any atom is 0.250 e. The number of anilines is 5. The molecule has 0 bridgehead atoms. The first-order chi connectivity index (χ1) is 15.3. The molecule has 3 aromatic rings. The zero-order chi connectivity index (χ0) is 23.1. The molecule has 32 heavy (non-hydrogen) atoms. The van der Waals surface area contributed by atoms with Crippen LogP contribution < -0.4 is 15.5 Å². The minimum Gasteiger partial charge on any atom is -0.340 e. The third kappa shape index (κ3) is 6.50. The predicted octanol–water partition coefficient (Wildman–Crippen LogP) is 4.84. The van der Waals surface area contributed by atoms with Gasteiger partial charge >= 0.3 is 0 Å². The maximum atomic E-state index is 13.4. The molecular weight excluding hydrogens is 431 g/mol. The van der Waals surface area contributed by atoms with Crippen molar-refractivity contribution in [2.45, 2.75) is 0 Å². The van der Waals surface area contributed by atoms with E-state index in [1.54, 1.807) is 30.2 Å². The maximum absolute atomic E-state index is 13.4. The Hall–Kier alpha value is -3.49. The molecule has 3 rings (SSSR count). The number of carbonyl (C=O) groups excluding carboxylic acids is 1. The van der Waals surface area contributed by atoms with Crippen molar-refractivity contribution in [3.05, 3.63) is 77.9 Å². The molecule has 166 valence electrons. The van der Waals surface area contributed by atoms with E-state index in [0.717, 1.165) is 11.4 Å². The highest BCUT2D eigenvalue weighted by molar-refractivity contribution is 6.31. The summed E-state index contributed by atoms with van der Waals surface area (Å²) in [4.78, 5) is 24.3. The van der Waals surface area contributed by atoms with E-state index in [1.165, 1.54) is 18.5 Å². The van der Waals surface area contributed by atoms with Gasteiger partial charge in [-0.25, -0.2) is 14.4 Å². The van der Waals surface area contributed by atoms with Crippen LogP contribution in [0.15, 0.2) is 67.0 Å². The number of aromatic nitrogens is 2. The van der Waals surface area contributed by atoms with E-state index in [4.69, 9.17) is 11.6 Å². The van der Waals surface area contributed by atoms with Gasteiger partial charge in [0.1, 0.15) is 23.8 Å². The summed E-state index contributed by atoms with van der Waals surface area (Å²) in [6, 6.07) is 13.5. The lowest BCUT2D eigenvalue weighted by Crippen LogP contribution is -2.24. The number of carbonyl (C=O) groups is 1. The zero-order valence-electron chi connectivity index (χ0n) is 18.0. The summed E-state index contributed by atoms with van der Waals surface area (Å²) in [6.07, 6.45) is 4.79. The van der Waals surface area contributed by atoms with Gasteiger partial charge in [0, 0.05) is 42.8 Å². The summed E-state index contributed by atoms with van der Waals surface area (Å²) in [5.41, 5.74) is 2.10. The van der Waals surface area contributed by atoms with E-state index in [2.05, 4.69) is 20.6 Å². The summed E-state index contributed by atoms with van der Waals surface area (Å²) in [7, 11) is 5.61. The Morgan fingerprint density at radius 2 is 1.72 bits per heavy atom. The zero-order valence-corrected chi connectivity index (χ0v) is 18.8. The van der Waals surface area contributed by atoms with Crippen LogP contribution in [0.4, 0.5) is 33.1 Å². The number of nitrogens with zero attached hydrogens (tertiary/aromatic N) is 4. The number of hydrogen-bond acceptors (Lipinski definition) is 6. The van der Waals surface area contributed by atoms with Gasteiger partial charge in [-0.1, -0.05) is 23.7 Å². The summed E-state index contributed by atoms with van der Waals surface area (Å²) in [6.45, 7) is 0.690. The van der Waals surface area contributed by atoms with Gasteiger partial charge in [0.2, 0.25) is 5.91 Å². The fraction of sp³-hybridized carbons (Fsp3) is 0.174. The number of benzene rings is 2. The molecule has 0 aliphatic heterocycles. The van der Waals surface area contributed by atoms with Gasteiger partial charge in [-0.2, -0.15) is 0 Å². The van der Waals surface area contributed by atoms with Crippen molar-refractivity contribution >= 4 is 46.2 Å². The lowest BCUT2D eigenvalue weighted by atomic mass is 10.2. The minimum absolute atomic E-state index is 0.0226. The number of hydrogen-bond donors (Lipinski definition) is 2. The molecule has 0 radical (unpaired) electrons. The van der Waals surface area contributed by atoms with Crippen LogP contribution in [0, 0.1) is 5.82 Å². The second-order valence-corrected chi connectivity index (χ2v) is 7.69. The van der Waals surface area contributed by atoms with Gasteiger partial charge in [0.25, 0.3) is 0 Å². The van der Waals surface area contributed by atoms with Gasteiger partial charge in [0.05, 0.1) is 5.02 Å². The molecule has 0 unspecified atom stereocenters. The van der Waals surface area contributed by atoms with Crippen LogP contribution in [-0.2, 0) is 4.79 Å². The van der Waals surface area contributed by atoms with Crippen LogP contribution in [0.5, 0.6) is 0 Å². The summed E-state index contributed by atoms with van der Waals surface area (Å²) < 4.78 is 13.4. The first-order valence-corrected chi connectivity index (χ1v) is 10.2. The Bertz CT molecular complexity index is 1120. The van der Waals surface area contributed by atoms with Crippen molar-refractivity contribution < 1.29 is 9.18 Å².